The lowest BCUT2D eigenvalue weighted by atomic mass is 10.1. The van der Waals surface area contributed by atoms with Crippen molar-refractivity contribution in [1.29, 1.82) is 0 Å². The van der Waals surface area contributed by atoms with Crippen molar-refractivity contribution in [2.75, 3.05) is 0 Å². The number of hydrogen-bond donors (Lipinski definition) is 1. The summed E-state index contributed by atoms with van der Waals surface area (Å²) in [7, 11) is 0. The second-order valence-corrected chi connectivity index (χ2v) is 8.97. The van der Waals surface area contributed by atoms with Gasteiger partial charge >= 0.3 is 12.4 Å². The van der Waals surface area contributed by atoms with Crippen LogP contribution < -0.4 is 5.32 Å². The zero-order chi connectivity index (χ0) is 28.0. The van der Waals surface area contributed by atoms with Crippen LogP contribution in [0, 0.1) is 0 Å². The first-order valence-electron chi connectivity index (χ1n) is 11.9. The van der Waals surface area contributed by atoms with Gasteiger partial charge in [-0.1, -0.05) is 54.6 Å². The molecule has 3 aromatic carbocycles. The summed E-state index contributed by atoms with van der Waals surface area (Å²) in [6.45, 7) is 0.939. The second-order valence-electron chi connectivity index (χ2n) is 8.97. The first-order valence-corrected chi connectivity index (χ1v) is 11.9. The van der Waals surface area contributed by atoms with Crippen molar-refractivity contribution < 1.29 is 35.6 Å². The van der Waals surface area contributed by atoms with E-state index in [-0.39, 0.29) is 24.4 Å². The minimum atomic E-state index is -4.48. The van der Waals surface area contributed by atoms with E-state index in [0.717, 1.165) is 29.8 Å². The minimum Gasteiger partial charge on any atom is -0.455 e. The molecule has 204 valence electrons. The van der Waals surface area contributed by atoms with Crippen molar-refractivity contribution in [2.24, 2.45) is 0 Å². The molecule has 1 heterocycles. The molecule has 0 saturated heterocycles. The molecule has 1 amide bonds. The molecule has 0 bridgehead atoms. The number of rotatable bonds is 9. The summed E-state index contributed by atoms with van der Waals surface area (Å²) in [5.41, 5.74) is 0.406. The highest BCUT2D eigenvalue weighted by molar-refractivity contribution is 5.91. The van der Waals surface area contributed by atoms with Gasteiger partial charge < -0.3 is 9.73 Å². The fourth-order valence-electron chi connectivity index (χ4n) is 4.00. The van der Waals surface area contributed by atoms with E-state index >= 15 is 0 Å². The predicted octanol–water partition coefficient (Wildman–Crippen LogP) is 7.45. The highest BCUT2D eigenvalue weighted by atomic mass is 19.4. The fourth-order valence-corrected chi connectivity index (χ4v) is 4.00. The molecule has 10 heteroatoms. The van der Waals surface area contributed by atoms with Crippen LogP contribution in [0.25, 0.3) is 0 Å². The quantitative estimate of drug-likeness (QED) is 0.222. The number of nitrogens with zero attached hydrogens (tertiary/aromatic N) is 1. The second kappa shape index (κ2) is 11.8. The molecule has 1 aromatic heterocycles. The Hall–Kier alpha value is -4.05. The van der Waals surface area contributed by atoms with Crippen LogP contribution in [-0.2, 0) is 38.5 Å². The lowest BCUT2D eigenvalue weighted by Crippen LogP contribution is -2.23. The smallest absolute Gasteiger partial charge is 0.416 e. The summed E-state index contributed by atoms with van der Waals surface area (Å²) in [6, 6.07) is 22.2. The summed E-state index contributed by atoms with van der Waals surface area (Å²) < 4.78 is 83.3. The maximum atomic E-state index is 12.9. The maximum absolute atomic E-state index is 12.9. The van der Waals surface area contributed by atoms with E-state index < -0.39 is 29.4 Å². The number of benzene rings is 3. The maximum Gasteiger partial charge on any atom is 0.416 e. The van der Waals surface area contributed by atoms with E-state index in [1.807, 2.05) is 35.2 Å². The van der Waals surface area contributed by atoms with Gasteiger partial charge in [0.25, 0.3) is 5.91 Å². The molecule has 0 unspecified atom stereocenters. The van der Waals surface area contributed by atoms with Gasteiger partial charge in [0, 0.05) is 19.6 Å². The van der Waals surface area contributed by atoms with Crippen molar-refractivity contribution in [3.8, 4) is 0 Å². The van der Waals surface area contributed by atoms with Crippen LogP contribution in [-0.4, -0.2) is 10.8 Å². The number of nitrogens with one attached hydrogen (secondary N) is 1. The standard InChI is InChI=1S/C29H24F6N2O2/c30-28(31,32)23-11-9-21(10-12-23)18-37(17-20-5-2-1-3-6-20)19-25-13-14-26(39-25)27(38)36-16-22-7-4-8-24(15-22)29(33,34)35/h1-15H,16-19H2,(H,36,38). The average molecular weight is 547 g/mol. The van der Waals surface area contributed by atoms with Crippen molar-refractivity contribution in [3.63, 3.8) is 0 Å². The van der Waals surface area contributed by atoms with E-state index in [9.17, 15) is 31.1 Å². The van der Waals surface area contributed by atoms with E-state index in [2.05, 4.69) is 5.32 Å². The van der Waals surface area contributed by atoms with E-state index in [1.54, 1.807) is 6.07 Å². The molecule has 4 nitrogen and oxygen atoms in total. The van der Waals surface area contributed by atoms with Crippen molar-refractivity contribution in [3.05, 3.63) is 130 Å². The summed E-state index contributed by atoms with van der Waals surface area (Å²) >= 11 is 0. The first-order chi connectivity index (χ1) is 18.5. The van der Waals surface area contributed by atoms with Gasteiger partial charge in [-0.2, -0.15) is 26.3 Å². The number of halogens is 6. The number of hydrogen-bond acceptors (Lipinski definition) is 3. The summed E-state index contributed by atoms with van der Waals surface area (Å²) in [5.74, 6) is -0.149. The van der Waals surface area contributed by atoms with Crippen LogP contribution in [0.3, 0.4) is 0 Å². The van der Waals surface area contributed by atoms with E-state index in [1.165, 1.54) is 30.3 Å². The van der Waals surface area contributed by atoms with Gasteiger partial charge in [-0.15, -0.1) is 0 Å². The van der Waals surface area contributed by atoms with Gasteiger partial charge in [0.15, 0.2) is 5.76 Å². The van der Waals surface area contributed by atoms with Gasteiger partial charge in [0.2, 0.25) is 0 Å². The van der Waals surface area contributed by atoms with E-state index in [4.69, 9.17) is 4.42 Å². The molecule has 0 fully saturated rings. The molecular formula is C29H24F6N2O2. The predicted molar refractivity (Wildman–Crippen MR) is 132 cm³/mol. The van der Waals surface area contributed by atoms with Crippen LogP contribution in [0.4, 0.5) is 26.3 Å². The Morgan fingerprint density at radius 1 is 0.667 bits per heavy atom. The Balaban J connectivity index is 1.43. The van der Waals surface area contributed by atoms with Crippen LogP contribution in [0.1, 0.15) is 44.1 Å². The molecule has 4 aromatic rings. The van der Waals surface area contributed by atoms with Crippen LogP contribution >= 0.6 is 0 Å². The molecule has 4 rings (SSSR count). The zero-order valence-electron chi connectivity index (χ0n) is 20.5. The molecule has 0 aliphatic carbocycles. The number of carbonyl (C=O) groups is 1. The van der Waals surface area contributed by atoms with Crippen LogP contribution in [0.5, 0.6) is 0 Å². The van der Waals surface area contributed by atoms with Crippen LogP contribution in [0.15, 0.2) is 95.4 Å². The Kier molecular flexibility index (Phi) is 8.44. The normalized spacial score (nSPS) is 12.1. The molecule has 0 atom stereocenters. The zero-order valence-corrected chi connectivity index (χ0v) is 20.5. The molecular weight excluding hydrogens is 522 g/mol. The Labute approximate surface area is 220 Å². The number of carbonyl (C=O) groups excluding carboxylic acids is 1. The van der Waals surface area contributed by atoms with Crippen LogP contribution in [0.2, 0.25) is 0 Å². The SMILES string of the molecule is O=C(NCc1cccc(C(F)(F)F)c1)c1ccc(CN(Cc2ccccc2)Cc2ccc(C(F)(F)F)cc2)o1. The molecule has 0 radical (unpaired) electrons. The average Bonchev–Trinajstić information content (AvgIpc) is 3.36. The van der Waals surface area contributed by atoms with Crippen molar-refractivity contribution >= 4 is 5.91 Å². The molecule has 0 aliphatic rings. The van der Waals surface area contributed by atoms with Gasteiger partial charge in [-0.25, -0.2) is 0 Å². The van der Waals surface area contributed by atoms with Gasteiger partial charge in [-0.05, 0) is 53.1 Å². The largest absolute Gasteiger partial charge is 0.455 e. The topological polar surface area (TPSA) is 45.5 Å². The third-order valence-corrected chi connectivity index (χ3v) is 5.91. The minimum absolute atomic E-state index is 0.00818. The van der Waals surface area contributed by atoms with Gasteiger partial charge in [0.1, 0.15) is 5.76 Å². The summed E-state index contributed by atoms with van der Waals surface area (Å²) in [5, 5.41) is 2.55. The molecule has 0 aliphatic heterocycles. The molecule has 39 heavy (non-hydrogen) atoms. The van der Waals surface area contributed by atoms with Crippen molar-refractivity contribution in [2.45, 2.75) is 38.5 Å². The lowest BCUT2D eigenvalue weighted by Gasteiger charge is -2.22. The van der Waals surface area contributed by atoms with Gasteiger partial charge in [0.05, 0.1) is 17.7 Å². The third kappa shape index (κ3) is 7.97. The highest BCUT2D eigenvalue weighted by Gasteiger charge is 2.31. The Bertz CT molecular complexity index is 1380. The monoisotopic (exact) mass is 546 g/mol. The van der Waals surface area contributed by atoms with E-state index in [0.29, 0.717) is 24.4 Å². The molecule has 1 N–H and O–H groups in total. The highest BCUT2D eigenvalue weighted by Crippen LogP contribution is 2.30. The number of furan rings is 1. The summed E-state index contributed by atoms with van der Waals surface area (Å²) in [4.78, 5) is 14.5. The van der Waals surface area contributed by atoms with Crippen molar-refractivity contribution in [1.82, 2.24) is 10.2 Å². The summed E-state index contributed by atoms with van der Waals surface area (Å²) in [6.07, 6.45) is -8.91. The fraction of sp³-hybridized carbons (Fsp3) is 0.207. The van der Waals surface area contributed by atoms with Gasteiger partial charge in [-0.3, -0.25) is 9.69 Å². The number of amides is 1. The Morgan fingerprint density at radius 2 is 1.28 bits per heavy atom. The number of alkyl halides is 6. The lowest BCUT2D eigenvalue weighted by molar-refractivity contribution is -0.138. The molecule has 0 saturated carbocycles. The Morgan fingerprint density at radius 3 is 1.92 bits per heavy atom. The molecule has 0 spiro atoms. The first kappa shape index (κ1) is 28.0. The third-order valence-electron chi connectivity index (χ3n) is 5.91.